The predicted molar refractivity (Wildman–Crippen MR) is 108 cm³/mol. The summed E-state index contributed by atoms with van der Waals surface area (Å²) in [5.74, 6) is 1.80. The van der Waals surface area contributed by atoms with Crippen molar-refractivity contribution in [3.05, 3.63) is 83.3 Å². The lowest BCUT2D eigenvalue weighted by Crippen LogP contribution is -1.96. The van der Waals surface area contributed by atoms with Gasteiger partial charge in [-0.2, -0.15) is 0 Å². The second kappa shape index (κ2) is 7.59. The van der Waals surface area contributed by atoms with E-state index in [9.17, 15) is 0 Å². The molecule has 136 valence electrons. The minimum absolute atomic E-state index is 0.486. The normalized spacial score (nSPS) is 14.2. The Hall–Kier alpha value is -3.19. The second-order valence-corrected chi connectivity index (χ2v) is 7.05. The Morgan fingerprint density at radius 1 is 1.04 bits per heavy atom. The molecule has 2 aromatic carbocycles. The van der Waals surface area contributed by atoms with Crippen LogP contribution in [0.25, 0.3) is 10.5 Å². The highest BCUT2D eigenvalue weighted by atomic mass is 16.5. The van der Waals surface area contributed by atoms with Gasteiger partial charge in [-0.05, 0) is 48.6 Å². The Kier molecular flexibility index (Phi) is 4.84. The molecule has 1 heterocycles. The van der Waals surface area contributed by atoms with Gasteiger partial charge in [0.1, 0.15) is 18.0 Å². The largest absolute Gasteiger partial charge is 0.489 e. The molecule has 0 bridgehead atoms. The van der Waals surface area contributed by atoms with Crippen molar-refractivity contribution in [2.75, 3.05) is 5.73 Å². The van der Waals surface area contributed by atoms with Gasteiger partial charge < -0.3 is 15.3 Å². The molecule has 4 heteroatoms. The Balaban J connectivity index is 1.55. The van der Waals surface area contributed by atoms with Crippen LogP contribution in [-0.4, -0.2) is 4.57 Å². The zero-order valence-corrected chi connectivity index (χ0v) is 15.3. The van der Waals surface area contributed by atoms with Gasteiger partial charge in [0.2, 0.25) is 0 Å². The highest BCUT2D eigenvalue weighted by Gasteiger charge is 2.25. The van der Waals surface area contributed by atoms with Crippen molar-refractivity contribution in [1.82, 2.24) is 4.57 Å². The fourth-order valence-electron chi connectivity index (χ4n) is 3.85. The van der Waals surface area contributed by atoms with E-state index in [0.717, 1.165) is 35.4 Å². The van der Waals surface area contributed by atoms with Crippen molar-refractivity contribution in [3.8, 4) is 11.4 Å². The molecule has 1 aromatic heterocycles. The summed E-state index contributed by atoms with van der Waals surface area (Å²) in [6.45, 7) is 8.10. The minimum Gasteiger partial charge on any atom is -0.489 e. The number of aromatic nitrogens is 1. The number of anilines is 1. The van der Waals surface area contributed by atoms with E-state index in [1.54, 1.807) is 0 Å². The van der Waals surface area contributed by atoms with Crippen LogP contribution in [0.4, 0.5) is 11.5 Å². The Morgan fingerprint density at radius 3 is 2.41 bits per heavy atom. The molecule has 2 N–H and O–H groups in total. The van der Waals surface area contributed by atoms with Gasteiger partial charge in [-0.15, -0.1) is 0 Å². The number of nitrogens with zero attached hydrogens (tertiary/aromatic N) is 2. The van der Waals surface area contributed by atoms with Crippen LogP contribution in [0.3, 0.4) is 0 Å². The predicted octanol–water partition coefficient (Wildman–Crippen LogP) is 5.85. The first-order valence-electron chi connectivity index (χ1n) is 9.41. The van der Waals surface area contributed by atoms with Crippen molar-refractivity contribution in [2.45, 2.75) is 38.2 Å². The van der Waals surface area contributed by atoms with E-state index in [1.165, 1.54) is 12.8 Å². The highest BCUT2D eigenvalue weighted by Crippen LogP contribution is 2.42. The van der Waals surface area contributed by atoms with Crippen molar-refractivity contribution in [2.24, 2.45) is 0 Å². The molecule has 3 aromatic rings. The monoisotopic (exact) mass is 357 g/mol. The van der Waals surface area contributed by atoms with Gasteiger partial charge in [0.25, 0.3) is 5.82 Å². The molecule has 0 saturated heterocycles. The van der Waals surface area contributed by atoms with E-state index in [0.29, 0.717) is 24.0 Å². The van der Waals surface area contributed by atoms with Crippen molar-refractivity contribution < 1.29 is 4.74 Å². The van der Waals surface area contributed by atoms with E-state index in [2.05, 4.69) is 11.0 Å². The molecule has 27 heavy (non-hydrogen) atoms. The molecule has 1 aliphatic rings. The summed E-state index contributed by atoms with van der Waals surface area (Å²) in [5.41, 5.74) is 10.2. The van der Waals surface area contributed by atoms with Gasteiger partial charge in [-0.3, -0.25) is 4.57 Å². The minimum atomic E-state index is 0.486. The summed E-state index contributed by atoms with van der Waals surface area (Å²) < 4.78 is 7.77. The number of hydrogen-bond donors (Lipinski definition) is 1. The average molecular weight is 357 g/mol. The molecule has 4 rings (SSSR count). The first kappa shape index (κ1) is 17.2. The molecule has 1 fully saturated rings. The Morgan fingerprint density at radius 2 is 1.74 bits per heavy atom. The number of rotatable bonds is 5. The highest BCUT2D eigenvalue weighted by molar-refractivity contribution is 5.72. The summed E-state index contributed by atoms with van der Waals surface area (Å²) in [6.07, 6.45) is 6.88. The van der Waals surface area contributed by atoms with Crippen LogP contribution in [0.1, 0.15) is 42.7 Å². The van der Waals surface area contributed by atoms with Crippen molar-refractivity contribution in [3.63, 3.8) is 0 Å². The second-order valence-electron chi connectivity index (χ2n) is 7.05. The van der Waals surface area contributed by atoms with E-state index >= 15 is 0 Å². The van der Waals surface area contributed by atoms with Crippen molar-refractivity contribution in [1.29, 1.82) is 0 Å². The first-order valence-corrected chi connectivity index (χ1v) is 9.41. The van der Waals surface area contributed by atoms with Gasteiger partial charge >= 0.3 is 0 Å². The standard InChI is InChI=1S/C23H23N3O/c1-25-23-22(24)21(18-9-5-6-10-18)15-26(23)19-11-13-20(14-12-19)27-16-17-7-3-2-4-8-17/h2-4,7-8,11-15,18H,5-6,9-10,16,24H2. The lowest BCUT2D eigenvalue weighted by molar-refractivity contribution is 0.306. The van der Waals surface area contributed by atoms with Crippen LogP contribution >= 0.6 is 0 Å². The zero-order valence-electron chi connectivity index (χ0n) is 15.3. The van der Waals surface area contributed by atoms with E-state index in [-0.39, 0.29) is 0 Å². The van der Waals surface area contributed by atoms with Gasteiger partial charge in [0.05, 0.1) is 11.9 Å². The van der Waals surface area contributed by atoms with Crippen molar-refractivity contribution >= 4 is 11.5 Å². The van der Waals surface area contributed by atoms with Crippen LogP contribution in [-0.2, 0) is 6.61 Å². The maximum atomic E-state index is 7.56. The summed E-state index contributed by atoms with van der Waals surface area (Å²) in [5, 5.41) is 0. The summed E-state index contributed by atoms with van der Waals surface area (Å²) in [4.78, 5) is 3.69. The molecule has 0 aliphatic heterocycles. The fourth-order valence-corrected chi connectivity index (χ4v) is 3.85. The molecule has 0 atom stereocenters. The molecule has 1 saturated carbocycles. The van der Waals surface area contributed by atoms with E-state index in [1.807, 2.05) is 59.2 Å². The average Bonchev–Trinajstić information content (AvgIpc) is 3.35. The Labute approximate surface area is 160 Å². The lowest BCUT2D eigenvalue weighted by atomic mass is 9.99. The third-order valence-electron chi connectivity index (χ3n) is 5.31. The molecule has 0 amide bonds. The lowest BCUT2D eigenvalue weighted by Gasteiger charge is -2.07. The Bertz CT molecular complexity index is 946. The molecule has 0 radical (unpaired) electrons. The first-order chi connectivity index (χ1) is 13.3. The molecule has 4 nitrogen and oxygen atoms in total. The SMILES string of the molecule is [C-]#[N+]c1c(N)c(C2CCCC2)cn1-c1ccc(OCc2ccccc2)cc1. The number of nitrogens with two attached hydrogens (primary N) is 1. The molecule has 1 aliphatic carbocycles. The smallest absolute Gasteiger partial charge is 0.258 e. The van der Waals surface area contributed by atoms with Gasteiger partial charge in [0.15, 0.2) is 0 Å². The van der Waals surface area contributed by atoms with Crippen LogP contribution in [0.5, 0.6) is 5.75 Å². The van der Waals surface area contributed by atoms with Gasteiger partial charge in [-0.1, -0.05) is 49.7 Å². The van der Waals surface area contributed by atoms with Crippen LogP contribution in [0.15, 0.2) is 60.8 Å². The maximum Gasteiger partial charge on any atom is 0.258 e. The molecule has 0 unspecified atom stereocenters. The van der Waals surface area contributed by atoms with Crippen LogP contribution < -0.4 is 10.5 Å². The molecule has 0 spiro atoms. The summed E-state index contributed by atoms with van der Waals surface area (Å²) in [6, 6.07) is 17.9. The number of nitrogen functional groups attached to an aromatic ring is 1. The van der Waals surface area contributed by atoms with E-state index in [4.69, 9.17) is 17.0 Å². The maximum absolute atomic E-state index is 7.56. The van der Waals surface area contributed by atoms with Crippen LogP contribution in [0.2, 0.25) is 0 Å². The summed E-state index contributed by atoms with van der Waals surface area (Å²) in [7, 11) is 0. The summed E-state index contributed by atoms with van der Waals surface area (Å²) >= 11 is 0. The van der Waals surface area contributed by atoms with Gasteiger partial charge in [-0.25, -0.2) is 0 Å². The van der Waals surface area contributed by atoms with Gasteiger partial charge in [0, 0.05) is 5.56 Å². The zero-order chi connectivity index (χ0) is 18.6. The third kappa shape index (κ3) is 3.54. The molecular weight excluding hydrogens is 334 g/mol. The number of hydrogen-bond acceptors (Lipinski definition) is 2. The van der Waals surface area contributed by atoms with Crippen LogP contribution in [0, 0.1) is 6.57 Å². The van der Waals surface area contributed by atoms with E-state index < -0.39 is 0 Å². The third-order valence-corrected chi connectivity index (χ3v) is 5.31. The fraction of sp³-hybridized carbons (Fsp3) is 0.261. The topological polar surface area (TPSA) is 44.5 Å². The number of ether oxygens (including phenoxy) is 1. The number of benzene rings is 2. The quantitative estimate of drug-likeness (QED) is 0.582. The molecular formula is C23H23N3O.